The van der Waals surface area contributed by atoms with E-state index in [4.69, 9.17) is 4.74 Å². The van der Waals surface area contributed by atoms with Crippen LogP contribution in [0.25, 0.3) is 0 Å². The third-order valence-electron chi connectivity index (χ3n) is 14.8. The number of esters is 1. The summed E-state index contributed by atoms with van der Waals surface area (Å²) >= 11 is 0. The van der Waals surface area contributed by atoms with Gasteiger partial charge in [-0.3, -0.25) is 19.4 Å². The summed E-state index contributed by atoms with van der Waals surface area (Å²) in [6.07, 6.45) is 13.4. The minimum absolute atomic E-state index is 0.0488. The minimum Gasteiger partial charge on any atom is -0.462 e. The summed E-state index contributed by atoms with van der Waals surface area (Å²) < 4.78 is 7.35. The van der Waals surface area contributed by atoms with E-state index in [0.717, 1.165) is 64.2 Å². The highest BCUT2D eigenvalue weighted by molar-refractivity contribution is 5.86. The molecule has 0 bridgehead atoms. The maximum Gasteiger partial charge on any atom is 0.335 e. The van der Waals surface area contributed by atoms with Crippen molar-refractivity contribution >= 4 is 11.9 Å². The van der Waals surface area contributed by atoms with Gasteiger partial charge >= 0.3 is 11.7 Å². The Hall–Kier alpha value is -2.44. The van der Waals surface area contributed by atoms with E-state index in [1.807, 2.05) is 13.8 Å². The van der Waals surface area contributed by atoms with Crippen LogP contribution in [-0.2, 0) is 9.53 Å². The molecule has 0 radical (unpaired) electrons. The molecule has 1 N–H and O–H groups in total. The first-order valence-electron chi connectivity index (χ1n) is 17.6. The number of nitrogens with one attached hydrogen (secondary N) is 1. The van der Waals surface area contributed by atoms with Crippen molar-refractivity contribution in [3.05, 3.63) is 44.8 Å². The molecule has 4 saturated carbocycles. The lowest BCUT2D eigenvalue weighted by Crippen LogP contribution is -2.65. The van der Waals surface area contributed by atoms with E-state index in [2.05, 4.69) is 59.5 Å². The molecule has 5 aliphatic rings. The fourth-order valence-corrected chi connectivity index (χ4v) is 11.9. The normalized spacial score (nSPS) is 41.5. The van der Waals surface area contributed by atoms with Gasteiger partial charge in [-0.15, -0.1) is 0 Å². The number of hydrogen-bond acceptors (Lipinski definition) is 5. The molecule has 0 aliphatic heterocycles. The van der Waals surface area contributed by atoms with Crippen LogP contribution in [0.2, 0.25) is 0 Å². The monoisotopic (exact) mass is 620 g/mol. The van der Waals surface area contributed by atoms with Crippen molar-refractivity contribution in [1.29, 1.82) is 0 Å². The molecule has 8 atom stereocenters. The van der Waals surface area contributed by atoms with Gasteiger partial charge in [0.1, 0.15) is 6.10 Å². The third kappa shape index (κ3) is 4.55. The SMILES string of the molecule is CC(C)C(=O)O[C@H]1CC[C@@]2(C)C(CC[C@]3(C)C2CC=C2[C@@H]4CC(C)(C)CC[C@]4(C(=O)n4ccc(=O)[nH]c4=O)CC[C@]23C)C1(C)C. The number of carbonyl (C=O) groups excluding carboxylic acids is 2. The molecule has 1 aromatic rings. The molecule has 7 heteroatoms. The number of ether oxygens (including phenoxy) is 1. The first-order valence-corrected chi connectivity index (χ1v) is 17.6. The van der Waals surface area contributed by atoms with Crippen LogP contribution in [0.15, 0.2) is 33.5 Å². The van der Waals surface area contributed by atoms with Crippen molar-refractivity contribution < 1.29 is 14.3 Å². The quantitative estimate of drug-likeness (QED) is 0.278. The highest BCUT2D eigenvalue weighted by atomic mass is 16.5. The van der Waals surface area contributed by atoms with Gasteiger partial charge in [-0.2, -0.15) is 0 Å². The summed E-state index contributed by atoms with van der Waals surface area (Å²) in [4.78, 5) is 54.2. The first kappa shape index (κ1) is 32.5. The van der Waals surface area contributed by atoms with Crippen molar-refractivity contribution in [3.8, 4) is 0 Å². The molecular formula is C38H56N2O5. The predicted octanol–water partition coefficient (Wildman–Crippen LogP) is 7.55. The summed E-state index contributed by atoms with van der Waals surface area (Å²) in [6, 6.07) is 1.29. The molecular weight excluding hydrogens is 564 g/mol. The van der Waals surface area contributed by atoms with Gasteiger partial charge < -0.3 is 4.74 Å². The van der Waals surface area contributed by atoms with Crippen LogP contribution in [-0.4, -0.2) is 27.5 Å². The fraction of sp³-hybridized carbons (Fsp3) is 0.789. The van der Waals surface area contributed by atoms with Gasteiger partial charge in [0.25, 0.3) is 5.56 Å². The van der Waals surface area contributed by atoms with Crippen molar-refractivity contribution in [2.75, 3.05) is 0 Å². The van der Waals surface area contributed by atoms with Gasteiger partial charge in [0, 0.05) is 17.7 Å². The van der Waals surface area contributed by atoms with Gasteiger partial charge in [0.15, 0.2) is 0 Å². The fourth-order valence-electron chi connectivity index (χ4n) is 11.9. The zero-order valence-electron chi connectivity index (χ0n) is 29.2. The number of aromatic amines is 1. The van der Waals surface area contributed by atoms with Crippen LogP contribution in [0.1, 0.15) is 131 Å². The average molecular weight is 621 g/mol. The van der Waals surface area contributed by atoms with E-state index in [1.165, 1.54) is 22.4 Å². The molecule has 4 fully saturated rings. The lowest BCUT2D eigenvalue weighted by Gasteiger charge is -2.71. The number of rotatable bonds is 3. The second-order valence-electron chi connectivity index (χ2n) is 18.1. The average Bonchev–Trinajstić information content (AvgIpc) is 2.94. The van der Waals surface area contributed by atoms with Crippen molar-refractivity contribution in [1.82, 2.24) is 9.55 Å². The highest BCUT2D eigenvalue weighted by Gasteiger charge is 2.69. The summed E-state index contributed by atoms with van der Waals surface area (Å²) in [5.74, 6) is 0.673. The Balaban J connectivity index is 1.39. The van der Waals surface area contributed by atoms with Gasteiger partial charge in [0.2, 0.25) is 5.91 Å². The molecule has 6 rings (SSSR count). The Morgan fingerprint density at radius 1 is 0.911 bits per heavy atom. The number of H-pyrrole nitrogens is 1. The van der Waals surface area contributed by atoms with Crippen molar-refractivity contribution in [2.24, 2.45) is 56.2 Å². The van der Waals surface area contributed by atoms with E-state index >= 15 is 0 Å². The molecule has 7 nitrogen and oxygen atoms in total. The third-order valence-corrected chi connectivity index (χ3v) is 14.8. The lowest BCUT2D eigenvalue weighted by atomic mass is 9.33. The zero-order valence-corrected chi connectivity index (χ0v) is 29.2. The molecule has 0 aromatic carbocycles. The summed E-state index contributed by atoms with van der Waals surface area (Å²) in [5, 5.41) is 0. The Kier molecular flexibility index (Phi) is 7.42. The Bertz CT molecular complexity index is 1550. The smallest absolute Gasteiger partial charge is 0.335 e. The Morgan fingerprint density at radius 3 is 2.27 bits per heavy atom. The maximum atomic E-state index is 14.5. The highest BCUT2D eigenvalue weighted by Crippen LogP contribution is 2.76. The zero-order chi connectivity index (χ0) is 33.0. The van der Waals surface area contributed by atoms with Crippen LogP contribution < -0.4 is 11.2 Å². The van der Waals surface area contributed by atoms with E-state index in [1.54, 1.807) is 0 Å². The van der Waals surface area contributed by atoms with Crippen LogP contribution in [0.5, 0.6) is 0 Å². The second kappa shape index (κ2) is 10.3. The maximum absolute atomic E-state index is 14.5. The Labute approximate surface area is 269 Å². The van der Waals surface area contributed by atoms with E-state index < -0.39 is 16.7 Å². The van der Waals surface area contributed by atoms with Crippen LogP contribution in [0.4, 0.5) is 0 Å². The molecule has 5 aliphatic carbocycles. The topological polar surface area (TPSA) is 98.2 Å². The number of aromatic nitrogens is 2. The summed E-state index contributed by atoms with van der Waals surface area (Å²) in [7, 11) is 0. The molecule has 0 amide bonds. The molecule has 1 heterocycles. The molecule has 0 spiro atoms. The first-order chi connectivity index (χ1) is 20.8. The lowest BCUT2D eigenvalue weighted by molar-refractivity contribution is -0.213. The van der Waals surface area contributed by atoms with Crippen LogP contribution in [0, 0.1) is 56.2 Å². The number of nitrogens with zero attached hydrogens (tertiary/aromatic N) is 1. The number of carbonyl (C=O) groups is 2. The van der Waals surface area contributed by atoms with Gasteiger partial charge in [-0.05, 0) is 104 Å². The standard InChI is InChI=1S/C38H56N2O5/c1-23(2)30(42)45-28-13-15-35(7)26(34(28,5)6)12-16-37(9)27(35)11-10-24-25-22-33(3,4)17-19-38(25,20-18-36(24,37)8)31(43)40-21-14-29(41)39-32(40)44/h10,14,21,23,25-28H,11-13,15-20,22H2,1-9H3,(H,39,41,44)/t25-,26?,27?,28-,35-,36+,37+,38-/m0/s1. The van der Waals surface area contributed by atoms with E-state index in [9.17, 15) is 19.2 Å². The summed E-state index contributed by atoms with van der Waals surface area (Å²) in [5.41, 5.74) is -0.157. The van der Waals surface area contributed by atoms with Gasteiger partial charge in [-0.25, -0.2) is 9.36 Å². The van der Waals surface area contributed by atoms with Crippen molar-refractivity contribution in [2.45, 2.75) is 133 Å². The largest absolute Gasteiger partial charge is 0.462 e. The van der Waals surface area contributed by atoms with E-state index in [-0.39, 0.29) is 56.9 Å². The molecule has 1 aromatic heterocycles. The minimum atomic E-state index is -0.645. The number of allylic oxidation sites excluding steroid dienone is 2. The Morgan fingerprint density at radius 2 is 1.60 bits per heavy atom. The van der Waals surface area contributed by atoms with Crippen LogP contribution >= 0.6 is 0 Å². The summed E-state index contributed by atoms with van der Waals surface area (Å²) in [6.45, 7) is 20.7. The van der Waals surface area contributed by atoms with Gasteiger partial charge in [-0.1, -0.05) is 74.0 Å². The van der Waals surface area contributed by atoms with Crippen molar-refractivity contribution in [3.63, 3.8) is 0 Å². The molecule has 2 unspecified atom stereocenters. The molecule has 45 heavy (non-hydrogen) atoms. The molecule has 248 valence electrons. The number of fused-ring (bicyclic) bond motifs is 7. The van der Waals surface area contributed by atoms with Gasteiger partial charge in [0.05, 0.1) is 11.3 Å². The van der Waals surface area contributed by atoms with Crippen LogP contribution in [0.3, 0.4) is 0 Å². The second-order valence-corrected chi connectivity index (χ2v) is 18.1. The molecule has 0 saturated heterocycles. The predicted molar refractivity (Wildman–Crippen MR) is 176 cm³/mol. The van der Waals surface area contributed by atoms with E-state index in [0.29, 0.717) is 11.8 Å². The number of hydrogen-bond donors (Lipinski definition) is 1.